The van der Waals surface area contributed by atoms with Crippen LogP contribution in [-0.4, -0.2) is 0 Å². The van der Waals surface area contributed by atoms with E-state index in [1.54, 1.807) is 12.1 Å². The minimum absolute atomic E-state index is 0.153. The van der Waals surface area contributed by atoms with E-state index in [-0.39, 0.29) is 16.7 Å². The highest BCUT2D eigenvalue weighted by molar-refractivity contribution is 5.71. The molecule has 78 valence electrons. The van der Waals surface area contributed by atoms with Gasteiger partial charge >= 0.3 is 0 Å². The summed E-state index contributed by atoms with van der Waals surface area (Å²) in [5.74, 6) is -1.33. The number of rotatable bonds is 1. The fourth-order valence-electron chi connectivity index (χ4n) is 1.55. The summed E-state index contributed by atoms with van der Waals surface area (Å²) in [6.07, 6.45) is 0. The maximum absolute atomic E-state index is 13.5. The van der Waals surface area contributed by atoms with Crippen LogP contribution in [-0.2, 0) is 0 Å². The Morgan fingerprint density at radius 2 is 1.50 bits per heavy atom. The van der Waals surface area contributed by atoms with Crippen LogP contribution in [0.3, 0.4) is 0 Å². The molecule has 0 spiro atoms. The van der Waals surface area contributed by atoms with E-state index in [1.165, 1.54) is 30.3 Å². The van der Waals surface area contributed by atoms with Gasteiger partial charge < -0.3 is 0 Å². The molecule has 16 heavy (non-hydrogen) atoms. The lowest BCUT2D eigenvalue weighted by molar-refractivity contribution is 0.589. The Hall–Kier alpha value is -2.21. The van der Waals surface area contributed by atoms with E-state index in [9.17, 15) is 8.78 Å². The first kappa shape index (κ1) is 10.3. The summed E-state index contributed by atoms with van der Waals surface area (Å²) in [6, 6.07) is 11.9. The van der Waals surface area contributed by atoms with Gasteiger partial charge in [0.05, 0.1) is 17.2 Å². The monoisotopic (exact) mass is 215 g/mol. The van der Waals surface area contributed by atoms with Crippen LogP contribution >= 0.6 is 0 Å². The molecule has 0 fully saturated rings. The van der Waals surface area contributed by atoms with Crippen LogP contribution in [0, 0.1) is 23.0 Å². The number of nitrogens with zero attached hydrogens (tertiary/aromatic N) is 1. The molecule has 0 aromatic heterocycles. The topological polar surface area (TPSA) is 23.8 Å². The van der Waals surface area contributed by atoms with Crippen molar-refractivity contribution < 1.29 is 8.78 Å². The minimum Gasteiger partial charge on any atom is -0.206 e. The second kappa shape index (κ2) is 4.11. The first-order chi connectivity index (χ1) is 7.74. The highest BCUT2D eigenvalue weighted by Gasteiger charge is 2.13. The summed E-state index contributed by atoms with van der Waals surface area (Å²) >= 11 is 0. The van der Waals surface area contributed by atoms with E-state index in [2.05, 4.69) is 0 Å². The molecule has 3 heteroatoms. The number of hydrogen-bond acceptors (Lipinski definition) is 1. The lowest BCUT2D eigenvalue weighted by atomic mass is 9.99. The van der Waals surface area contributed by atoms with Gasteiger partial charge in [0.1, 0.15) is 11.6 Å². The van der Waals surface area contributed by atoms with E-state index >= 15 is 0 Å². The lowest BCUT2D eigenvalue weighted by Crippen LogP contribution is -1.92. The normalized spacial score (nSPS) is 9.81. The fourth-order valence-corrected chi connectivity index (χ4v) is 1.55. The van der Waals surface area contributed by atoms with E-state index < -0.39 is 11.6 Å². The Morgan fingerprint density at radius 3 is 2.12 bits per heavy atom. The predicted octanol–water partition coefficient (Wildman–Crippen LogP) is 3.50. The van der Waals surface area contributed by atoms with Gasteiger partial charge in [0.2, 0.25) is 0 Å². The summed E-state index contributed by atoms with van der Waals surface area (Å²) in [4.78, 5) is 0. The third-order valence-corrected chi connectivity index (χ3v) is 2.28. The average molecular weight is 215 g/mol. The van der Waals surface area contributed by atoms with Crippen LogP contribution in [0.1, 0.15) is 5.56 Å². The Balaban J connectivity index is 2.73. The predicted molar refractivity (Wildman–Crippen MR) is 56.5 cm³/mol. The van der Waals surface area contributed by atoms with E-state index in [0.717, 1.165) is 0 Å². The fraction of sp³-hybridized carbons (Fsp3) is 0. The zero-order chi connectivity index (χ0) is 11.5. The van der Waals surface area contributed by atoms with Crippen LogP contribution in [0.25, 0.3) is 11.1 Å². The molecule has 0 N–H and O–H groups in total. The highest BCUT2D eigenvalue weighted by Crippen LogP contribution is 2.28. The largest absolute Gasteiger partial charge is 0.206 e. The molecule has 0 unspecified atom stereocenters. The summed E-state index contributed by atoms with van der Waals surface area (Å²) in [5, 5.41) is 8.87. The second-order valence-corrected chi connectivity index (χ2v) is 3.25. The van der Waals surface area contributed by atoms with Crippen LogP contribution in [0.5, 0.6) is 0 Å². The van der Waals surface area contributed by atoms with Crippen molar-refractivity contribution in [2.24, 2.45) is 0 Å². The van der Waals surface area contributed by atoms with Crippen molar-refractivity contribution in [2.75, 3.05) is 0 Å². The van der Waals surface area contributed by atoms with Crippen LogP contribution < -0.4 is 0 Å². The molecule has 0 aliphatic carbocycles. The maximum atomic E-state index is 13.5. The highest BCUT2D eigenvalue weighted by atomic mass is 19.1. The minimum atomic E-state index is -0.664. The molecule has 0 aliphatic rings. The van der Waals surface area contributed by atoms with Crippen LogP contribution in [0.4, 0.5) is 8.78 Å². The van der Waals surface area contributed by atoms with Crippen molar-refractivity contribution in [2.45, 2.75) is 0 Å². The number of hydrogen-bond donors (Lipinski definition) is 0. The second-order valence-electron chi connectivity index (χ2n) is 3.25. The average Bonchev–Trinajstić information content (AvgIpc) is 2.29. The van der Waals surface area contributed by atoms with Gasteiger partial charge in [0.15, 0.2) is 0 Å². The van der Waals surface area contributed by atoms with Crippen molar-refractivity contribution in [3.63, 3.8) is 0 Å². The molecule has 1 nitrogen and oxygen atoms in total. The van der Waals surface area contributed by atoms with Crippen molar-refractivity contribution >= 4 is 0 Å². The van der Waals surface area contributed by atoms with Crippen molar-refractivity contribution in [3.05, 3.63) is 59.7 Å². The third-order valence-electron chi connectivity index (χ3n) is 2.28. The van der Waals surface area contributed by atoms with Crippen molar-refractivity contribution in [3.8, 4) is 17.2 Å². The first-order valence-corrected chi connectivity index (χ1v) is 4.67. The van der Waals surface area contributed by atoms with Crippen molar-refractivity contribution in [1.29, 1.82) is 5.26 Å². The molecule has 0 radical (unpaired) electrons. The van der Waals surface area contributed by atoms with Crippen molar-refractivity contribution in [1.82, 2.24) is 0 Å². The molecule has 0 heterocycles. The molecule has 0 amide bonds. The molecule has 0 aliphatic heterocycles. The maximum Gasteiger partial charge on any atom is 0.134 e. The first-order valence-electron chi connectivity index (χ1n) is 4.67. The van der Waals surface area contributed by atoms with Gasteiger partial charge in [-0.25, -0.2) is 8.78 Å². The van der Waals surface area contributed by atoms with Gasteiger partial charge in [-0.2, -0.15) is 5.26 Å². The molecule has 2 aromatic carbocycles. The van der Waals surface area contributed by atoms with E-state index in [4.69, 9.17) is 5.26 Å². The smallest absolute Gasteiger partial charge is 0.134 e. The standard InChI is InChI=1S/C13H7F2N/c14-11-6-3-7-12(15)13(11)10-5-2-1-4-9(10)8-16/h1-7H. The summed E-state index contributed by atoms with van der Waals surface area (Å²) in [7, 11) is 0. The van der Waals surface area contributed by atoms with Gasteiger partial charge in [-0.3, -0.25) is 0 Å². The summed E-state index contributed by atoms with van der Waals surface area (Å²) in [5.41, 5.74) is 0.381. The molecule has 2 aromatic rings. The van der Waals surface area contributed by atoms with E-state index in [1.807, 2.05) is 6.07 Å². The lowest BCUT2D eigenvalue weighted by Gasteiger charge is -2.06. The molecule has 0 atom stereocenters. The number of benzene rings is 2. The van der Waals surface area contributed by atoms with Crippen LogP contribution in [0.2, 0.25) is 0 Å². The van der Waals surface area contributed by atoms with Gasteiger partial charge in [-0.1, -0.05) is 24.3 Å². The Labute approximate surface area is 91.6 Å². The molecular weight excluding hydrogens is 208 g/mol. The zero-order valence-electron chi connectivity index (χ0n) is 8.24. The SMILES string of the molecule is N#Cc1ccccc1-c1c(F)cccc1F. The quantitative estimate of drug-likeness (QED) is 0.714. The zero-order valence-corrected chi connectivity index (χ0v) is 8.24. The van der Waals surface area contributed by atoms with Crippen LogP contribution in [0.15, 0.2) is 42.5 Å². The third kappa shape index (κ3) is 1.66. The molecule has 2 rings (SSSR count). The van der Waals surface area contributed by atoms with Gasteiger partial charge in [-0.05, 0) is 18.2 Å². The Kier molecular flexibility index (Phi) is 2.65. The molecule has 0 bridgehead atoms. The summed E-state index contributed by atoms with van der Waals surface area (Å²) in [6.45, 7) is 0. The number of halogens is 2. The van der Waals surface area contributed by atoms with Gasteiger partial charge in [0.25, 0.3) is 0 Å². The van der Waals surface area contributed by atoms with E-state index in [0.29, 0.717) is 0 Å². The Bertz CT molecular complexity index is 550. The summed E-state index contributed by atoms with van der Waals surface area (Å²) < 4.78 is 27.0. The Morgan fingerprint density at radius 1 is 0.875 bits per heavy atom. The molecule has 0 saturated heterocycles. The molecule has 0 saturated carbocycles. The van der Waals surface area contributed by atoms with Gasteiger partial charge in [-0.15, -0.1) is 0 Å². The molecular formula is C13H7F2N. The van der Waals surface area contributed by atoms with Gasteiger partial charge in [0, 0.05) is 5.56 Å². The number of nitriles is 1.